The summed E-state index contributed by atoms with van der Waals surface area (Å²) in [7, 11) is 0. The number of fused-ring (bicyclic) bond motifs is 6. The SMILES string of the molecule is c1cc2cc(c1)CCCc1ccc(cc1)CCC2. The average molecular weight is 236 g/mol. The van der Waals surface area contributed by atoms with Crippen LogP contribution in [0.3, 0.4) is 0 Å². The largest absolute Gasteiger partial charge is 0.0617 e. The third kappa shape index (κ3) is 2.81. The molecule has 0 unspecified atom stereocenters. The molecule has 2 aromatic rings. The van der Waals surface area contributed by atoms with Gasteiger partial charge in [0.1, 0.15) is 0 Å². The predicted octanol–water partition coefficient (Wildman–Crippen LogP) is 4.35. The van der Waals surface area contributed by atoms with Gasteiger partial charge in [-0.3, -0.25) is 0 Å². The van der Waals surface area contributed by atoms with Crippen LogP contribution < -0.4 is 0 Å². The van der Waals surface area contributed by atoms with Gasteiger partial charge >= 0.3 is 0 Å². The van der Waals surface area contributed by atoms with Crippen LogP contribution in [0.15, 0.2) is 48.5 Å². The zero-order valence-electron chi connectivity index (χ0n) is 10.9. The van der Waals surface area contributed by atoms with Crippen molar-refractivity contribution in [3.8, 4) is 0 Å². The molecule has 0 heteroatoms. The van der Waals surface area contributed by atoms with Crippen molar-refractivity contribution < 1.29 is 0 Å². The molecular formula is C18H20. The van der Waals surface area contributed by atoms with E-state index >= 15 is 0 Å². The Kier molecular flexibility index (Phi) is 3.45. The number of hydrogen-bond acceptors (Lipinski definition) is 0. The Morgan fingerprint density at radius 2 is 0.944 bits per heavy atom. The van der Waals surface area contributed by atoms with Crippen molar-refractivity contribution in [3.63, 3.8) is 0 Å². The predicted molar refractivity (Wildman–Crippen MR) is 76.9 cm³/mol. The highest BCUT2D eigenvalue weighted by molar-refractivity contribution is 5.26. The molecule has 4 bridgehead atoms. The fraction of sp³-hybridized carbons (Fsp3) is 0.333. The van der Waals surface area contributed by atoms with Crippen molar-refractivity contribution >= 4 is 0 Å². The molecule has 0 aliphatic heterocycles. The van der Waals surface area contributed by atoms with Gasteiger partial charge in [0.05, 0.1) is 0 Å². The normalized spacial score (nSPS) is 15.6. The summed E-state index contributed by atoms with van der Waals surface area (Å²) in [6.07, 6.45) is 7.31. The first-order valence-electron chi connectivity index (χ1n) is 7.06. The van der Waals surface area contributed by atoms with E-state index in [0.29, 0.717) is 0 Å². The molecule has 0 spiro atoms. The highest BCUT2D eigenvalue weighted by Gasteiger charge is 2.01. The van der Waals surface area contributed by atoms with Crippen LogP contribution in [-0.4, -0.2) is 0 Å². The van der Waals surface area contributed by atoms with E-state index in [1.54, 1.807) is 0 Å². The van der Waals surface area contributed by atoms with E-state index in [4.69, 9.17) is 0 Å². The molecule has 0 saturated heterocycles. The molecule has 0 amide bonds. The van der Waals surface area contributed by atoms with Crippen LogP contribution in [0.1, 0.15) is 35.1 Å². The number of benzene rings is 2. The van der Waals surface area contributed by atoms with E-state index in [0.717, 1.165) is 0 Å². The molecule has 92 valence electrons. The minimum atomic E-state index is 1.20. The highest BCUT2D eigenvalue weighted by Crippen LogP contribution is 2.15. The first kappa shape index (κ1) is 11.5. The number of hydrogen-bond donors (Lipinski definition) is 0. The summed E-state index contributed by atoms with van der Waals surface area (Å²) in [5.74, 6) is 0. The van der Waals surface area contributed by atoms with Crippen LogP contribution in [0.5, 0.6) is 0 Å². The van der Waals surface area contributed by atoms with Gasteiger partial charge in [0, 0.05) is 0 Å². The van der Waals surface area contributed by atoms with Gasteiger partial charge in [-0.2, -0.15) is 0 Å². The van der Waals surface area contributed by atoms with Crippen molar-refractivity contribution in [2.24, 2.45) is 0 Å². The van der Waals surface area contributed by atoms with Gasteiger partial charge in [-0.1, -0.05) is 48.5 Å². The maximum atomic E-state index is 2.40. The molecule has 0 heterocycles. The van der Waals surface area contributed by atoms with Crippen molar-refractivity contribution in [3.05, 3.63) is 70.8 Å². The van der Waals surface area contributed by atoms with Gasteiger partial charge in [0.15, 0.2) is 0 Å². The Morgan fingerprint density at radius 3 is 1.44 bits per heavy atom. The summed E-state index contributed by atoms with van der Waals surface area (Å²) in [5, 5.41) is 0. The summed E-state index contributed by atoms with van der Waals surface area (Å²) < 4.78 is 0. The van der Waals surface area contributed by atoms with Crippen LogP contribution in [-0.2, 0) is 25.7 Å². The second-order valence-electron chi connectivity index (χ2n) is 5.34. The van der Waals surface area contributed by atoms with Crippen molar-refractivity contribution in [2.45, 2.75) is 38.5 Å². The van der Waals surface area contributed by atoms with Crippen LogP contribution >= 0.6 is 0 Å². The molecule has 18 heavy (non-hydrogen) atoms. The smallest absolute Gasteiger partial charge is 0.0276 e. The maximum absolute atomic E-state index is 2.40. The molecule has 2 aliphatic carbocycles. The Bertz CT molecular complexity index is 464. The standard InChI is InChI=1S/C18H20/c1-4-15-10-12-16(13-11-15)5-2-7-18-9-3-8-17(6-1)14-18/h3,8-14H,1-2,4-7H2. The molecule has 0 aromatic heterocycles. The van der Waals surface area contributed by atoms with Crippen LogP contribution in [0.4, 0.5) is 0 Å². The third-order valence-electron chi connectivity index (χ3n) is 3.88. The molecule has 4 rings (SSSR count). The summed E-state index contributed by atoms with van der Waals surface area (Å²) in [6, 6.07) is 18.4. The summed E-state index contributed by atoms with van der Waals surface area (Å²) in [5.41, 5.74) is 5.97. The Morgan fingerprint density at radius 1 is 0.500 bits per heavy atom. The van der Waals surface area contributed by atoms with Crippen molar-refractivity contribution in [1.29, 1.82) is 0 Å². The minimum absolute atomic E-state index is 1.20. The van der Waals surface area contributed by atoms with E-state index in [1.807, 2.05) is 0 Å². The van der Waals surface area contributed by atoms with Crippen LogP contribution in [0, 0.1) is 0 Å². The zero-order valence-corrected chi connectivity index (χ0v) is 10.9. The molecule has 0 radical (unpaired) electrons. The van der Waals surface area contributed by atoms with Gasteiger partial charge in [-0.25, -0.2) is 0 Å². The molecule has 0 atom stereocenters. The molecular weight excluding hydrogens is 216 g/mol. The van der Waals surface area contributed by atoms with E-state index in [-0.39, 0.29) is 0 Å². The van der Waals surface area contributed by atoms with E-state index in [2.05, 4.69) is 48.5 Å². The Balaban J connectivity index is 1.84. The molecule has 2 aromatic carbocycles. The second-order valence-corrected chi connectivity index (χ2v) is 5.34. The van der Waals surface area contributed by atoms with Crippen molar-refractivity contribution in [1.82, 2.24) is 0 Å². The fourth-order valence-corrected chi connectivity index (χ4v) is 2.81. The van der Waals surface area contributed by atoms with E-state index < -0.39 is 0 Å². The molecule has 0 fully saturated rings. The monoisotopic (exact) mass is 236 g/mol. The Hall–Kier alpha value is -1.56. The quantitative estimate of drug-likeness (QED) is 0.638. The zero-order chi connectivity index (χ0) is 12.2. The first-order valence-corrected chi connectivity index (χ1v) is 7.06. The summed E-state index contributed by atoms with van der Waals surface area (Å²) >= 11 is 0. The molecule has 0 N–H and O–H groups in total. The lowest BCUT2D eigenvalue weighted by atomic mass is 10.0. The fourth-order valence-electron chi connectivity index (χ4n) is 2.81. The number of aryl methyl sites for hydroxylation is 4. The van der Waals surface area contributed by atoms with Gasteiger partial charge in [0.25, 0.3) is 0 Å². The minimum Gasteiger partial charge on any atom is -0.0617 e. The lowest BCUT2D eigenvalue weighted by Gasteiger charge is -2.04. The van der Waals surface area contributed by atoms with Crippen LogP contribution in [0.25, 0.3) is 0 Å². The lowest BCUT2D eigenvalue weighted by Crippen LogP contribution is -1.91. The maximum Gasteiger partial charge on any atom is -0.0276 e. The topological polar surface area (TPSA) is 0 Å². The van der Waals surface area contributed by atoms with Crippen LogP contribution in [0.2, 0.25) is 0 Å². The highest BCUT2D eigenvalue weighted by atomic mass is 14.1. The van der Waals surface area contributed by atoms with E-state index in [9.17, 15) is 0 Å². The Labute approximate surface area is 110 Å². The first-order chi connectivity index (χ1) is 8.90. The summed E-state index contributed by atoms with van der Waals surface area (Å²) in [4.78, 5) is 0. The third-order valence-corrected chi connectivity index (χ3v) is 3.88. The van der Waals surface area contributed by atoms with Gasteiger partial charge in [-0.15, -0.1) is 0 Å². The van der Waals surface area contributed by atoms with Crippen molar-refractivity contribution in [2.75, 3.05) is 0 Å². The average Bonchev–Trinajstić information content (AvgIpc) is 2.42. The molecule has 0 saturated carbocycles. The van der Waals surface area contributed by atoms with Gasteiger partial charge < -0.3 is 0 Å². The number of rotatable bonds is 0. The second kappa shape index (κ2) is 5.39. The van der Waals surface area contributed by atoms with Gasteiger partial charge in [-0.05, 0) is 60.8 Å². The molecule has 2 aliphatic rings. The summed E-state index contributed by atoms with van der Waals surface area (Å²) in [6.45, 7) is 0. The molecule has 0 nitrogen and oxygen atoms in total. The lowest BCUT2D eigenvalue weighted by molar-refractivity contribution is 0.814. The van der Waals surface area contributed by atoms with E-state index in [1.165, 1.54) is 60.8 Å². The van der Waals surface area contributed by atoms with Gasteiger partial charge in [0.2, 0.25) is 0 Å².